The molecule has 26 heavy (non-hydrogen) atoms. The first-order valence-corrected chi connectivity index (χ1v) is 8.06. The van der Waals surface area contributed by atoms with E-state index in [1.54, 1.807) is 36.5 Å². The van der Waals surface area contributed by atoms with E-state index in [0.29, 0.717) is 24.0 Å². The summed E-state index contributed by atoms with van der Waals surface area (Å²) in [5.74, 6) is 1.33. The number of amides is 1. The minimum atomic E-state index is -0.366. The number of hydrogen-bond donors (Lipinski definition) is 1. The van der Waals surface area contributed by atoms with Crippen LogP contribution in [0.2, 0.25) is 0 Å². The molecule has 132 valence electrons. The van der Waals surface area contributed by atoms with Gasteiger partial charge in [-0.15, -0.1) is 0 Å². The first kappa shape index (κ1) is 17.4. The molecule has 0 unspecified atom stereocenters. The number of aromatic nitrogens is 1. The SMILES string of the molecule is O=C(COc1ccc(Oc2ccccn2)cc1)NOCc1ccccc1. The van der Waals surface area contributed by atoms with E-state index in [1.165, 1.54) is 0 Å². The van der Waals surface area contributed by atoms with Crippen molar-refractivity contribution in [3.8, 4) is 17.4 Å². The fourth-order valence-corrected chi connectivity index (χ4v) is 2.08. The van der Waals surface area contributed by atoms with Crippen molar-refractivity contribution in [3.63, 3.8) is 0 Å². The molecule has 0 saturated carbocycles. The van der Waals surface area contributed by atoms with Gasteiger partial charge in [-0.25, -0.2) is 10.5 Å². The summed E-state index contributed by atoms with van der Waals surface area (Å²) in [6, 6.07) is 21.9. The van der Waals surface area contributed by atoms with E-state index < -0.39 is 0 Å². The largest absolute Gasteiger partial charge is 0.484 e. The second-order valence-electron chi connectivity index (χ2n) is 5.33. The van der Waals surface area contributed by atoms with Crippen LogP contribution in [0.3, 0.4) is 0 Å². The van der Waals surface area contributed by atoms with Crippen LogP contribution >= 0.6 is 0 Å². The first-order valence-electron chi connectivity index (χ1n) is 8.06. The van der Waals surface area contributed by atoms with Gasteiger partial charge in [-0.05, 0) is 35.9 Å². The molecule has 3 aromatic rings. The van der Waals surface area contributed by atoms with Crippen molar-refractivity contribution in [2.45, 2.75) is 6.61 Å². The summed E-state index contributed by atoms with van der Waals surface area (Å²) < 4.78 is 11.0. The van der Waals surface area contributed by atoms with Crippen molar-refractivity contribution in [2.24, 2.45) is 0 Å². The average Bonchev–Trinajstić information content (AvgIpc) is 2.69. The number of benzene rings is 2. The second kappa shape index (κ2) is 9.19. The highest BCUT2D eigenvalue weighted by molar-refractivity contribution is 5.76. The molecular weight excluding hydrogens is 332 g/mol. The molecule has 0 spiro atoms. The predicted octanol–water partition coefficient (Wildman–Crippen LogP) is 3.50. The van der Waals surface area contributed by atoms with Crippen LogP contribution in [-0.4, -0.2) is 17.5 Å². The maximum atomic E-state index is 11.7. The number of carbonyl (C=O) groups excluding carboxylic acids is 1. The smallest absolute Gasteiger partial charge is 0.281 e. The molecular formula is C20H18N2O4. The van der Waals surface area contributed by atoms with Crippen LogP contribution in [0.25, 0.3) is 0 Å². The summed E-state index contributed by atoms with van der Waals surface area (Å²) in [6.07, 6.45) is 1.66. The van der Waals surface area contributed by atoms with Gasteiger partial charge in [-0.3, -0.25) is 9.63 Å². The summed E-state index contributed by atoms with van der Waals surface area (Å²) in [7, 11) is 0. The Morgan fingerprint density at radius 3 is 2.35 bits per heavy atom. The number of nitrogens with one attached hydrogen (secondary N) is 1. The Bertz CT molecular complexity index is 808. The minimum absolute atomic E-state index is 0.144. The highest BCUT2D eigenvalue weighted by atomic mass is 16.7. The zero-order valence-corrected chi connectivity index (χ0v) is 14.0. The van der Waals surface area contributed by atoms with Crippen LogP contribution in [0.15, 0.2) is 79.0 Å². The molecule has 0 aliphatic carbocycles. The molecule has 1 aromatic heterocycles. The standard InChI is InChI=1S/C20H18N2O4/c23-19(22-25-14-16-6-2-1-3-7-16)15-24-17-9-11-18(12-10-17)26-20-8-4-5-13-21-20/h1-13H,14-15H2,(H,22,23). The van der Waals surface area contributed by atoms with Crippen molar-refractivity contribution >= 4 is 5.91 Å². The predicted molar refractivity (Wildman–Crippen MR) is 95.6 cm³/mol. The fraction of sp³-hybridized carbons (Fsp3) is 0.100. The topological polar surface area (TPSA) is 69.7 Å². The van der Waals surface area contributed by atoms with Crippen molar-refractivity contribution in [3.05, 3.63) is 84.6 Å². The minimum Gasteiger partial charge on any atom is -0.484 e. The summed E-state index contributed by atoms with van der Waals surface area (Å²) in [5.41, 5.74) is 3.32. The number of hydroxylamine groups is 1. The van der Waals surface area contributed by atoms with Crippen LogP contribution in [0.5, 0.6) is 17.4 Å². The van der Waals surface area contributed by atoms with Gasteiger partial charge in [0, 0.05) is 12.3 Å². The summed E-state index contributed by atoms with van der Waals surface area (Å²) >= 11 is 0. The first-order chi connectivity index (χ1) is 12.8. The number of pyridine rings is 1. The molecule has 6 nitrogen and oxygen atoms in total. The quantitative estimate of drug-likeness (QED) is 0.630. The van der Waals surface area contributed by atoms with E-state index in [1.807, 2.05) is 42.5 Å². The van der Waals surface area contributed by atoms with Crippen molar-refractivity contribution < 1.29 is 19.1 Å². The van der Waals surface area contributed by atoms with Crippen molar-refractivity contribution in [1.82, 2.24) is 10.5 Å². The molecule has 2 aromatic carbocycles. The molecule has 1 N–H and O–H groups in total. The van der Waals surface area contributed by atoms with Gasteiger partial charge in [0.05, 0.1) is 6.61 Å². The van der Waals surface area contributed by atoms with Crippen LogP contribution in [0.1, 0.15) is 5.56 Å². The maximum Gasteiger partial charge on any atom is 0.281 e. The Labute approximate surface area is 151 Å². The molecule has 0 atom stereocenters. The van der Waals surface area contributed by atoms with E-state index >= 15 is 0 Å². The molecule has 0 saturated heterocycles. The lowest BCUT2D eigenvalue weighted by molar-refractivity contribution is -0.136. The normalized spacial score (nSPS) is 10.2. The third kappa shape index (κ3) is 5.61. The Kier molecular flexibility index (Phi) is 6.17. The third-order valence-corrected chi connectivity index (χ3v) is 3.32. The molecule has 0 radical (unpaired) electrons. The van der Waals surface area contributed by atoms with Gasteiger partial charge >= 0.3 is 0 Å². The Hall–Kier alpha value is -3.38. The zero-order chi connectivity index (χ0) is 18.0. The molecule has 0 fully saturated rings. The van der Waals surface area contributed by atoms with E-state index in [9.17, 15) is 4.79 Å². The fourth-order valence-electron chi connectivity index (χ4n) is 2.08. The average molecular weight is 350 g/mol. The lowest BCUT2D eigenvalue weighted by atomic mass is 10.2. The number of ether oxygens (including phenoxy) is 2. The van der Waals surface area contributed by atoms with Crippen molar-refractivity contribution in [2.75, 3.05) is 6.61 Å². The molecule has 0 aliphatic rings. The Balaban J connectivity index is 1.39. The van der Waals surface area contributed by atoms with E-state index in [-0.39, 0.29) is 12.5 Å². The molecule has 3 rings (SSSR count). The van der Waals surface area contributed by atoms with Crippen LogP contribution < -0.4 is 15.0 Å². The van der Waals surface area contributed by atoms with E-state index in [2.05, 4.69) is 10.5 Å². The van der Waals surface area contributed by atoms with Crippen LogP contribution in [-0.2, 0) is 16.2 Å². The number of rotatable bonds is 8. The van der Waals surface area contributed by atoms with Gasteiger partial charge in [0.15, 0.2) is 6.61 Å². The monoisotopic (exact) mass is 350 g/mol. The van der Waals surface area contributed by atoms with Gasteiger partial charge in [0.25, 0.3) is 5.91 Å². The highest BCUT2D eigenvalue weighted by Gasteiger charge is 2.04. The van der Waals surface area contributed by atoms with Crippen LogP contribution in [0, 0.1) is 0 Å². The molecule has 1 amide bonds. The van der Waals surface area contributed by atoms with Crippen LogP contribution in [0.4, 0.5) is 0 Å². The van der Waals surface area contributed by atoms with Gasteiger partial charge in [-0.2, -0.15) is 0 Å². The van der Waals surface area contributed by atoms with Gasteiger partial charge in [0.1, 0.15) is 11.5 Å². The van der Waals surface area contributed by atoms with E-state index in [0.717, 1.165) is 5.56 Å². The van der Waals surface area contributed by atoms with Gasteiger partial charge < -0.3 is 9.47 Å². The zero-order valence-electron chi connectivity index (χ0n) is 14.0. The number of nitrogens with zero attached hydrogens (tertiary/aromatic N) is 1. The molecule has 6 heteroatoms. The Morgan fingerprint density at radius 2 is 1.62 bits per heavy atom. The van der Waals surface area contributed by atoms with Gasteiger partial charge in [-0.1, -0.05) is 36.4 Å². The molecule has 1 heterocycles. The third-order valence-electron chi connectivity index (χ3n) is 3.32. The number of carbonyl (C=O) groups is 1. The summed E-state index contributed by atoms with van der Waals surface area (Å²) in [6.45, 7) is 0.154. The second-order valence-corrected chi connectivity index (χ2v) is 5.33. The highest BCUT2D eigenvalue weighted by Crippen LogP contribution is 2.22. The lowest BCUT2D eigenvalue weighted by Gasteiger charge is -2.09. The molecule has 0 aliphatic heterocycles. The lowest BCUT2D eigenvalue weighted by Crippen LogP contribution is -2.28. The van der Waals surface area contributed by atoms with Gasteiger partial charge in [0.2, 0.25) is 5.88 Å². The van der Waals surface area contributed by atoms with E-state index in [4.69, 9.17) is 14.3 Å². The molecule has 0 bridgehead atoms. The number of hydrogen-bond acceptors (Lipinski definition) is 5. The summed E-state index contributed by atoms with van der Waals surface area (Å²) in [4.78, 5) is 21.0. The summed E-state index contributed by atoms with van der Waals surface area (Å²) in [5, 5.41) is 0. The Morgan fingerprint density at radius 1 is 0.885 bits per heavy atom. The van der Waals surface area contributed by atoms with Crippen molar-refractivity contribution in [1.29, 1.82) is 0 Å². The maximum absolute atomic E-state index is 11.7.